The van der Waals surface area contributed by atoms with Gasteiger partial charge in [0, 0.05) is 18.7 Å². The highest BCUT2D eigenvalue weighted by Crippen LogP contribution is 2.48. The Labute approximate surface area is 116 Å². The Morgan fingerprint density at radius 1 is 1.25 bits per heavy atom. The normalized spacial score (nSPS) is 17.1. The van der Waals surface area contributed by atoms with Crippen molar-refractivity contribution in [3.8, 4) is 0 Å². The quantitative estimate of drug-likeness (QED) is 0.803. The van der Waals surface area contributed by atoms with Crippen molar-refractivity contribution in [1.29, 1.82) is 0 Å². The molecule has 0 spiro atoms. The van der Waals surface area contributed by atoms with Gasteiger partial charge < -0.3 is 5.11 Å². The molecule has 1 aromatic carbocycles. The van der Waals surface area contributed by atoms with E-state index in [1.54, 1.807) is 0 Å². The summed E-state index contributed by atoms with van der Waals surface area (Å²) < 4.78 is 53.0. The zero-order valence-electron chi connectivity index (χ0n) is 10.9. The summed E-state index contributed by atoms with van der Waals surface area (Å²) in [6.45, 7) is 0.204. The Kier molecular flexibility index (Phi) is 4.41. The number of sulfonamides is 1. The lowest BCUT2D eigenvalue weighted by Crippen LogP contribution is -2.32. The maximum absolute atomic E-state index is 13.4. The Hall–Kier alpha value is -1.05. The summed E-state index contributed by atoms with van der Waals surface area (Å²) >= 11 is 0. The average molecular weight is 305 g/mol. The fraction of sp³-hybridized carbons (Fsp3) is 0.538. The van der Waals surface area contributed by atoms with Gasteiger partial charge in [0.2, 0.25) is 10.0 Å². The Morgan fingerprint density at radius 2 is 1.85 bits per heavy atom. The lowest BCUT2D eigenvalue weighted by Gasteiger charge is -2.15. The fourth-order valence-electron chi connectivity index (χ4n) is 2.10. The van der Waals surface area contributed by atoms with Crippen molar-refractivity contribution in [2.75, 3.05) is 13.2 Å². The highest BCUT2D eigenvalue weighted by atomic mass is 32.2. The summed E-state index contributed by atoms with van der Waals surface area (Å²) in [5, 5.41) is 8.90. The second kappa shape index (κ2) is 5.75. The number of rotatable bonds is 7. The molecule has 1 aliphatic rings. The van der Waals surface area contributed by atoms with E-state index in [1.807, 2.05) is 0 Å². The molecule has 1 aliphatic carbocycles. The standard InChI is InChI=1S/C13H17F2NO3S/c14-11-2-1-3-12(15)10(11)8-20(18,19)16-9-13(4-5-13)6-7-17/h1-3,16-17H,4-9H2. The molecule has 20 heavy (non-hydrogen) atoms. The average Bonchev–Trinajstić information content (AvgIpc) is 3.13. The lowest BCUT2D eigenvalue weighted by molar-refractivity contribution is 0.249. The van der Waals surface area contributed by atoms with E-state index in [1.165, 1.54) is 6.07 Å². The third-order valence-corrected chi connectivity index (χ3v) is 4.92. The SMILES string of the molecule is O=S(=O)(Cc1c(F)cccc1F)NCC1(CCO)CC1. The van der Waals surface area contributed by atoms with Crippen molar-refractivity contribution in [2.24, 2.45) is 5.41 Å². The highest BCUT2D eigenvalue weighted by Gasteiger charge is 2.42. The van der Waals surface area contributed by atoms with Crippen molar-refractivity contribution in [2.45, 2.75) is 25.0 Å². The van der Waals surface area contributed by atoms with Gasteiger partial charge in [-0.1, -0.05) is 6.07 Å². The predicted molar refractivity (Wildman–Crippen MR) is 70.4 cm³/mol. The minimum absolute atomic E-state index is 0.00364. The van der Waals surface area contributed by atoms with Crippen molar-refractivity contribution in [3.63, 3.8) is 0 Å². The molecule has 4 nitrogen and oxygen atoms in total. The maximum atomic E-state index is 13.4. The number of halogens is 2. The Morgan fingerprint density at radius 3 is 2.35 bits per heavy atom. The van der Waals surface area contributed by atoms with Gasteiger partial charge in [0.1, 0.15) is 11.6 Å². The summed E-state index contributed by atoms with van der Waals surface area (Å²) in [7, 11) is -3.80. The summed E-state index contributed by atoms with van der Waals surface area (Å²) in [6, 6.07) is 3.25. The summed E-state index contributed by atoms with van der Waals surface area (Å²) in [5.74, 6) is -2.46. The number of benzene rings is 1. The van der Waals surface area contributed by atoms with Crippen LogP contribution in [-0.2, 0) is 15.8 Å². The molecule has 7 heteroatoms. The van der Waals surface area contributed by atoms with E-state index in [0.717, 1.165) is 25.0 Å². The molecule has 2 N–H and O–H groups in total. The molecule has 0 aliphatic heterocycles. The van der Waals surface area contributed by atoms with Gasteiger partial charge in [-0.05, 0) is 36.8 Å². The van der Waals surface area contributed by atoms with Gasteiger partial charge in [-0.2, -0.15) is 0 Å². The molecule has 0 atom stereocenters. The van der Waals surface area contributed by atoms with E-state index in [9.17, 15) is 17.2 Å². The molecule has 0 amide bonds. The van der Waals surface area contributed by atoms with E-state index in [-0.39, 0.29) is 18.6 Å². The van der Waals surface area contributed by atoms with Crippen LogP contribution in [0.15, 0.2) is 18.2 Å². The third-order valence-electron chi connectivity index (χ3n) is 3.66. The molecule has 0 radical (unpaired) electrons. The van der Waals surface area contributed by atoms with Crippen molar-refractivity contribution in [3.05, 3.63) is 35.4 Å². The molecule has 0 unspecified atom stereocenters. The summed E-state index contributed by atoms with van der Waals surface area (Å²) in [6.07, 6.45) is 2.23. The van der Waals surface area contributed by atoms with Gasteiger partial charge in [-0.3, -0.25) is 0 Å². The first-order chi connectivity index (χ1) is 9.37. The van der Waals surface area contributed by atoms with Crippen LogP contribution in [0.2, 0.25) is 0 Å². The molecule has 0 aromatic heterocycles. The van der Waals surface area contributed by atoms with E-state index >= 15 is 0 Å². The molecular formula is C13H17F2NO3S. The zero-order valence-corrected chi connectivity index (χ0v) is 11.7. The van der Waals surface area contributed by atoms with Crippen molar-refractivity contribution >= 4 is 10.0 Å². The van der Waals surface area contributed by atoms with E-state index in [4.69, 9.17) is 5.11 Å². The van der Waals surface area contributed by atoms with Gasteiger partial charge in [0.15, 0.2) is 0 Å². The van der Waals surface area contributed by atoms with Crippen LogP contribution in [0.25, 0.3) is 0 Å². The van der Waals surface area contributed by atoms with Crippen LogP contribution >= 0.6 is 0 Å². The van der Waals surface area contributed by atoms with Crippen LogP contribution < -0.4 is 4.72 Å². The maximum Gasteiger partial charge on any atom is 0.216 e. The molecule has 112 valence electrons. The summed E-state index contributed by atoms with van der Waals surface area (Å²) in [5.41, 5.74) is -0.637. The summed E-state index contributed by atoms with van der Waals surface area (Å²) in [4.78, 5) is 0. The first-order valence-corrected chi connectivity index (χ1v) is 8.04. The molecular weight excluding hydrogens is 288 g/mol. The number of aliphatic hydroxyl groups excluding tert-OH is 1. The van der Waals surface area contributed by atoms with Crippen LogP contribution in [0.3, 0.4) is 0 Å². The fourth-order valence-corrected chi connectivity index (χ4v) is 3.39. The largest absolute Gasteiger partial charge is 0.396 e. The smallest absolute Gasteiger partial charge is 0.216 e. The zero-order chi connectivity index (χ0) is 14.8. The predicted octanol–water partition coefficient (Wildman–Crippen LogP) is 1.55. The number of nitrogens with one attached hydrogen (secondary N) is 1. The molecule has 1 saturated carbocycles. The van der Waals surface area contributed by atoms with Crippen LogP contribution in [0, 0.1) is 17.0 Å². The Bertz CT molecular complexity index is 565. The van der Waals surface area contributed by atoms with Crippen molar-refractivity contribution < 1.29 is 22.3 Å². The first kappa shape index (κ1) is 15.3. The van der Waals surface area contributed by atoms with E-state index in [2.05, 4.69) is 4.72 Å². The third kappa shape index (κ3) is 3.74. The monoisotopic (exact) mass is 305 g/mol. The number of hydrogen-bond acceptors (Lipinski definition) is 3. The highest BCUT2D eigenvalue weighted by molar-refractivity contribution is 7.88. The minimum atomic E-state index is -3.80. The molecule has 0 bridgehead atoms. The van der Waals surface area contributed by atoms with Gasteiger partial charge in [0.25, 0.3) is 0 Å². The first-order valence-electron chi connectivity index (χ1n) is 6.39. The van der Waals surface area contributed by atoms with Crippen LogP contribution in [-0.4, -0.2) is 26.7 Å². The molecule has 2 rings (SSSR count). The van der Waals surface area contributed by atoms with Gasteiger partial charge in [0.05, 0.1) is 5.75 Å². The van der Waals surface area contributed by atoms with Gasteiger partial charge in [-0.25, -0.2) is 21.9 Å². The molecule has 1 fully saturated rings. The van der Waals surface area contributed by atoms with Crippen LogP contribution in [0.1, 0.15) is 24.8 Å². The minimum Gasteiger partial charge on any atom is -0.396 e. The second-order valence-corrected chi connectivity index (χ2v) is 7.06. The van der Waals surface area contributed by atoms with Crippen LogP contribution in [0.4, 0.5) is 8.78 Å². The van der Waals surface area contributed by atoms with Gasteiger partial charge in [-0.15, -0.1) is 0 Å². The molecule has 0 saturated heterocycles. The van der Waals surface area contributed by atoms with Gasteiger partial charge >= 0.3 is 0 Å². The molecule has 0 heterocycles. The van der Waals surface area contributed by atoms with E-state index in [0.29, 0.717) is 6.42 Å². The van der Waals surface area contributed by atoms with Crippen LogP contribution in [0.5, 0.6) is 0 Å². The Balaban J connectivity index is 2.01. The second-order valence-electron chi connectivity index (χ2n) is 5.25. The number of hydrogen-bond donors (Lipinski definition) is 2. The number of aliphatic hydroxyl groups is 1. The lowest BCUT2D eigenvalue weighted by atomic mass is 10.0. The van der Waals surface area contributed by atoms with Crippen molar-refractivity contribution in [1.82, 2.24) is 4.72 Å². The molecule has 1 aromatic rings. The topological polar surface area (TPSA) is 66.4 Å². The van der Waals surface area contributed by atoms with E-state index < -0.39 is 33.0 Å².